The quantitative estimate of drug-likeness (QED) is 0.738. The Morgan fingerprint density at radius 1 is 1.44 bits per heavy atom. The summed E-state index contributed by atoms with van der Waals surface area (Å²) in [6.45, 7) is 0.925. The van der Waals surface area contributed by atoms with Gasteiger partial charge in [-0.15, -0.1) is 22.9 Å². The molecule has 0 saturated heterocycles. The van der Waals surface area contributed by atoms with E-state index in [1.54, 1.807) is 22.7 Å². The molecule has 0 aromatic carbocycles. The predicted octanol–water partition coefficient (Wildman–Crippen LogP) is 4.77. The maximum atomic E-state index is 6.09. The van der Waals surface area contributed by atoms with Gasteiger partial charge in [-0.2, -0.15) is 0 Å². The van der Waals surface area contributed by atoms with Gasteiger partial charge in [-0.1, -0.05) is 29.0 Å². The van der Waals surface area contributed by atoms with Crippen LogP contribution in [-0.4, -0.2) is 11.0 Å². The van der Waals surface area contributed by atoms with E-state index in [-0.39, 0.29) is 0 Å². The molecule has 1 saturated carbocycles. The summed E-state index contributed by atoms with van der Waals surface area (Å²) < 4.78 is 0. The van der Waals surface area contributed by atoms with Gasteiger partial charge in [-0.3, -0.25) is 0 Å². The van der Waals surface area contributed by atoms with E-state index in [4.69, 9.17) is 23.2 Å². The molecule has 0 radical (unpaired) electrons. The van der Waals surface area contributed by atoms with Crippen molar-refractivity contribution in [1.82, 2.24) is 4.98 Å². The van der Waals surface area contributed by atoms with Gasteiger partial charge < -0.3 is 4.90 Å². The van der Waals surface area contributed by atoms with Crippen molar-refractivity contribution in [1.29, 1.82) is 0 Å². The highest BCUT2D eigenvalue weighted by molar-refractivity contribution is 7.16. The van der Waals surface area contributed by atoms with Crippen molar-refractivity contribution < 1.29 is 0 Å². The molecule has 3 rings (SSSR count). The average molecular weight is 319 g/mol. The van der Waals surface area contributed by atoms with E-state index in [0.29, 0.717) is 17.1 Å². The third-order valence-electron chi connectivity index (χ3n) is 2.90. The number of alkyl halides is 1. The van der Waals surface area contributed by atoms with Crippen LogP contribution in [0.1, 0.15) is 22.6 Å². The third-order valence-corrected chi connectivity index (χ3v) is 5.70. The first kappa shape index (κ1) is 12.7. The first-order valence-corrected chi connectivity index (χ1v) is 8.39. The summed E-state index contributed by atoms with van der Waals surface area (Å²) >= 11 is 15.3. The zero-order valence-electron chi connectivity index (χ0n) is 9.60. The number of hydrogen-bond acceptors (Lipinski definition) is 4. The minimum atomic E-state index is 0.439. The lowest BCUT2D eigenvalue weighted by atomic mass is 10.4. The molecule has 2 aromatic rings. The second kappa shape index (κ2) is 5.37. The molecule has 0 N–H and O–H groups in total. The Morgan fingerprint density at radius 2 is 2.28 bits per heavy atom. The van der Waals surface area contributed by atoms with E-state index >= 15 is 0 Å². The largest absolute Gasteiger partial charge is 0.340 e. The highest BCUT2D eigenvalue weighted by atomic mass is 35.5. The van der Waals surface area contributed by atoms with Crippen LogP contribution in [0.15, 0.2) is 17.5 Å². The summed E-state index contributed by atoms with van der Waals surface area (Å²) in [4.78, 5) is 9.14. The fourth-order valence-electron chi connectivity index (χ4n) is 1.84. The van der Waals surface area contributed by atoms with E-state index in [1.807, 2.05) is 0 Å². The molecule has 2 nitrogen and oxygen atoms in total. The standard InChI is InChI=1S/C12H12Cl2N2S2/c13-6-10-11(14)15-12(18-10)16(8-3-4-8)7-9-2-1-5-17-9/h1-2,5,8H,3-4,6-7H2. The number of hydrogen-bond donors (Lipinski definition) is 0. The molecule has 2 aromatic heterocycles. The van der Waals surface area contributed by atoms with E-state index in [2.05, 4.69) is 27.4 Å². The average Bonchev–Trinajstić information content (AvgIpc) is 2.94. The lowest BCUT2D eigenvalue weighted by Gasteiger charge is -2.20. The van der Waals surface area contributed by atoms with Crippen molar-refractivity contribution >= 4 is 51.0 Å². The highest BCUT2D eigenvalue weighted by Crippen LogP contribution is 2.38. The highest BCUT2D eigenvalue weighted by Gasteiger charge is 2.31. The van der Waals surface area contributed by atoms with Crippen LogP contribution in [0.3, 0.4) is 0 Å². The van der Waals surface area contributed by atoms with E-state index in [9.17, 15) is 0 Å². The molecule has 1 aliphatic rings. The fourth-order valence-corrected chi connectivity index (χ4v) is 4.08. The molecule has 2 heterocycles. The number of nitrogens with zero attached hydrogens (tertiary/aromatic N) is 2. The van der Waals surface area contributed by atoms with Gasteiger partial charge in [0.15, 0.2) is 5.13 Å². The van der Waals surface area contributed by atoms with Crippen molar-refractivity contribution in [3.63, 3.8) is 0 Å². The zero-order valence-corrected chi connectivity index (χ0v) is 12.7. The lowest BCUT2D eigenvalue weighted by molar-refractivity contribution is 0.798. The SMILES string of the molecule is ClCc1sc(N(Cc2cccs2)C2CC2)nc1Cl. The number of anilines is 1. The Hall–Kier alpha value is -0.290. The molecular formula is C12H12Cl2N2S2. The fraction of sp³-hybridized carbons (Fsp3) is 0.417. The number of thiophene rings is 1. The summed E-state index contributed by atoms with van der Waals surface area (Å²) in [5, 5.41) is 3.67. The summed E-state index contributed by atoms with van der Waals surface area (Å²) in [6.07, 6.45) is 2.50. The molecule has 1 fully saturated rings. The van der Waals surface area contributed by atoms with Gasteiger partial charge >= 0.3 is 0 Å². The van der Waals surface area contributed by atoms with Crippen LogP contribution in [0.2, 0.25) is 5.15 Å². The summed E-state index contributed by atoms with van der Waals surface area (Å²) in [7, 11) is 0. The van der Waals surface area contributed by atoms with Crippen molar-refractivity contribution in [2.45, 2.75) is 31.3 Å². The topological polar surface area (TPSA) is 16.1 Å². The molecule has 0 atom stereocenters. The third kappa shape index (κ3) is 2.67. The Balaban J connectivity index is 1.84. The van der Waals surface area contributed by atoms with Crippen molar-refractivity contribution in [3.05, 3.63) is 32.4 Å². The molecule has 0 spiro atoms. The Morgan fingerprint density at radius 3 is 2.83 bits per heavy atom. The van der Waals surface area contributed by atoms with Crippen molar-refractivity contribution in [3.8, 4) is 0 Å². The molecule has 0 unspecified atom stereocenters. The number of rotatable bonds is 5. The van der Waals surface area contributed by atoms with Crippen molar-refractivity contribution in [2.75, 3.05) is 4.90 Å². The molecule has 0 amide bonds. The summed E-state index contributed by atoms with van der Waals surface area (Å²) in [5.74, 6) is 0.439. The summed E-state index contributed by atoms with van der Waals surface area (Å²) in [6, 6.07) is 4.87. The first-order chi connectivity index (χ1) is 8.78. The second-order valence-corrected chi connectivity index (χ2v) is 7.00. The summed E-state index contributed by atoms with van der Waals surface area (Å²) in [5.41, 5.74) is 0. The van der Waals surface area contributed by atoms with Crippen LogP contribution in [0.5, 0.6) is 0 Å². The van der Waals surface area contributed by atoms with E-state index in [1.165, 1.54) is 17.7 Å². The van der Waals surface area contributed by atoms with Gasteiger partial charge in [0.05, 0.1) is 17.3 Å². The molecule has 0 aliphatic heterocycles. The Bertz CT molecular complexity index is 520. The molecular weight excluding hydrogens is 307 g/mol. The lowest BCUT2D eigenvalue weighted by Crippen LogP contribution is -2.24. The predicted molar refractivity (Wildman–Crippen MR) is 80.2 cm³/mol. The van der Waals surface area contributed by atoms with Gasteiger partial charge in [0.2, 0.25) is 0 Å². The number of thiazole rings is 1. The smallest absolute Gasteiger partial charge is 0.187 e. The van der Waals surface area contributed by atoms with Gasteiger partial charge in [-0.05, 0) is 24.3 Å². The van der Waals surface area contributed by atoms with Crippen molar-refractivity contribution in [2.24, 2.45) is 0 Å². The Kier molecular flexibility index (Phi) is 3.80. The van der Waals surface area contributed by atoms with E-state index < -0.39 is 0 Å². The number of aromatic nitrogens is 1. The minimum absolute atomic E-state index is 0.439. The first-order valence-electron chi connectivity index (χ1n) is 5.78. The zero-order chi connectivity index (χ0) is 12.5. The van der Waals surface area contributed by atoms with Crippen LogP contribution in [0, 0.1) is 0 Å². The molecule has 96 valence electrons. The normalized spacial score (nSPS) is 15.0. The maximum absolute atomic E-state index is 6.09. The van der Waals surface area contributed by atoms with Gasteiger partial charge in [-0.25, -0.2) is 4.98 Å². The van der Waals surface area contributed by atoms with Crippen LogP contribution < -0.4 is 4.90 Å². The number of halogens is 2. The minimum Gasteiger partial charge on any atom is -0.340 e. The molecule has 18 heavy (non-hydrogen) atoms. The van der Waals surface area contributed by atoms with Gasteiger partial charge in [0.1, 0.15) is 5.15 Å². The molecule has 1 aliphatic carbocycles. The monoisotopic (exact) mass is 318 g/mol. The maximum Gasteiger partial charge on any atom is 0.187 e. The molecule has 0 bridgehead atoms. The van der Waals surface area contributed by atoms with Crippen LogP contribution in [-0.2, 0) is 12.4 Å². The van der Waals surface area contributed by atoms with Gasteiger partial charge in [0.25, 0.3) is 0 Å². The van der Waals surface area contributed by atoms with Crippen LogP contribution in [0.25, 0.3) is 0 Å². The molecule has 6 heteroatoms. The van der Waals surface area contributed by atoms with Crippen LogP contribution in [0.4, 0.5) is 5.13 Å². The van der Waals surface area contributed by atoms with E-state index in [0.717, 1.165) is 16.6 Å². The van der Waals surface area contributed by atoms with Crippen LogP contribution >= 0.6 is 45.9 Å². The van der Waals surface area contributed by atoms with Gasteiger partial charge in [0, 0.05) is 10.9 Å². The Labute approximate surface area is 124 Å². The second-order valence-electron chi connectivity index (χ2n) is 4.28.